The third-order valence-corrected chi connectivity index (χ3v) is 3.71. The first-order valence-corrected chi connectivity index (χ1v) is 7.35. The number of nitrogens with zero attached hydrogens (tertiary/aromatic N) is 2. The lowest BCUT2D eigenvalue weighted by Gasteiger charge is -2.19. The molecule has 0 saturated heterocycles. The highest BCUT2D eigenvalue weighted by Crippen LogP contribution is 2.17. The summed E-state index contributed by atoms with van der Waals surface area (Å²) in [5, 5.41) is 21.2. The van der Waals surface area contributed by atoms with E-state index in [2.05, 4.69) is 42.8 Å². The zero-order valence-electron chi connectivity index (χ0n) is 11.6. The molecule has 0 aromatic carbocycles. The van der Waals surface area contributed by atoms with E-state index in [1.807, 2.05) is 22.3 Å². The van der Waals surface area contributed by atoms with Crippen LogP contribution in [-0.4, -0.2) is 21.5 Å². The molecule has 1 atom stereocenters. The zero-order valence-corrected chi connectivity index (χ0v) is 12.4. The van der Waals surface area contributed by atoms with E-state index in [0.29, 0.717) is 6.54 Å². The molecule has 104 valence electrons. The Hall–Kier alpha value is -1.17. The number of aliphatic hydroxyl groups is 1. The molecule has 2 rings (SSSR count). The van der Waals surface area contributed by atoms with E-state index in [-0.39, 0.29) is 18.2 Å². The molecular weight excluding hydrogens is 258 g/mol. The average molecular weight is 279 g/mol. The van der Waals surface area contributed by atoms with Gasteiger partial charge in [-0.15, -0.1) is 0 Å². The maximum Gasteiger partial charge on any atom is 0.0626 e. The number of rotatable bonds is 5. The fourth-order valence-corrected chi connectivity index (χ4v) is 2.53. The number of aliphatic hydroxyl groups excluding tert-OH is 1. The Bertz CT molecular complexity index is 499. The molecular formula is C14H21N3OS. The third kappa shape index (κ3) is 3.65. The number of hydrogen-bond acceptors (Lipinski definition) is 4. The summed E-state index contributed by atoms with van der Waals surface area (Å²) in [6, 6.07) is 2.03. The minimum absolute atomic E-state index is 0.00197. The van der Waals surface area contributed by atoms with Crippen molar-refractivity contribution in [2.24, 2.45) is 0 Å². The van der Waals surface area contributed by atoms with Gasteiger partial charge < -0.3 is 10.4 Å². The number of nitrogens with one attached hydrogen (secondary N) is 1. The van der Waals surface area contributed by atoms with Gasteiger partial charge in [-0.1, -0.05) is 0 Å². The van der Waals surface area contributed by atoms with Crippen LogP contribution in [0.25, 0.3) is 0 Å². The molecule has 0 aliphatic heterocycles. The second-order valence-electron chi connectivity index (χ2n) is 5.64. The van der Waals surface area contributed by atoms with Crippen LogP contribution in [0.15, 0.2) is 29.2 Å². The minimum atomic E-state index is -0.00997. The van der Waals surface area contributed by atoms with E-state index in [4.69, 9.17) is 0 Å². The lowest BCUT2D eigenvalue weighted by molar-refractivity contribution is 0.244. The van der Waals surface area contributed by atoms with E-state index in [0.717, 1.165) is 11.1 Å². The first-order valence-electron chi connectivity index (χ1n) is 6.41. The van der Waals surface area contributed by atoms with Gasteiger partial charge in [0, 0.05) is 18.3 Å². The van der Waals surface area contributed by atoms with Crippen molar-refractivity contribution in [3.8, 4) is 0 Å². The van der Waals surface area contributed by atoms with Crippen LogP contribution in [0.2, 0.25) is 0 Å². The lowest BCUT2D eigenvalue weighted by Crippen LogP contribution is -2.24. The van der Waals surface area contributed by atoms with Gasteiger partial charge in [-0.25, -0.2) is 0 Å². The smallest absolute Gasteiger partial charge is 0.0626 e. The van der Waals surface area contributed by atoms with Crippen molar-refractivity contribution in [1.29, 1.82) is 0 Å². The molecule has 19 heavy (non-hydrogen) atoms. The number of aromatic nitrogens is 2. The van der Waals surface area contributed by atoms with Gasteiger partial charge in [0.05, 0.1) is 24.4 Å². The monoisotopic (exact) mass is 279 g/mol. The van der Waals surface area contributed by atoms with Gasteiger partial charge in [0.25, 0.3) is 0 Å². The molecule has 0 saturated carbocycles. The summed E-state index contributed by atoms with van der Waals surface area (Å²) in [5.41, 5.74) is 2.27. The van der Waals surface area contributed by atoms with Crippen molar-refractivity contribution < 1.29 is 5.11 Å². The highest BCUT2D eigenvalue weighted by molar-refractivity contribution is 7.07. The van der Waals surface area contributed by atoms with Gasteiger partial charge >= 0.3 is 0 Å². The first-order chi connectivity index (χ1) is 9.00. The third-order valence-electron chi connectivity index (χ3n) is 3.00. The second kappa shape index (κ2) is 5.86. The van der Waals surface area contributed by atoms with Crippen LogP contribution in [-0.2, 0) is 12.1 Å². The van der Waals surface area contributed by atoms with Crippen molar-refractivity contribution in [2.75, 3.05) is 6.61 Å². The lowest BCUT2D eigenvalue weighted by atomic mass is 10.1. The molecule has 0 aliphatic carbocycles. The highest BCUT2D eigenvalue weighted by Gasteiger charge is 2.15. The molecule has 0 spiro atoms. The van der Waals surface area contributed by atoms with Crippen molar-refractivity contribution in [3.05, 3.63) is 40.3 Å². The van der Waals surface area contributed by atoms with Gasteiger partial charge in [0.15, 0.2) is 0 Å². The van der Waals surface area contributed by atoms with Crippen molar-refractivity contribution in [3.63, 3.8) is 0 Å². The van der Waals surface area contributed by atoms with Gasteiger partial charge in [-0.3, -0.25) is 4.68 Å². The predicted molar refractivity (Wildman–Crippen MR) is 78.2 cm³/mol. The van der Waals surface area contributed by atoms with Gasteiger partial charge in [0.1, 0.15) is 0 Å². The minimum Gasteiger partial charge on any atom is -0.394 e. The van der Waals surface area contributed by atoms with Crippen molar-refractivity contribution >= 4 is 11.3 Å². The van der Waals surface area contributed by atoms with E-state index in [9.17, 15) is 5.11 Å². The van der Waals surface area contributed by atoms with Gasteiger partial charge in [0.2, 0.25) is 0 Å². The van der Waals surface area contributed by atoms with E-state index >= 15 is 0 Å². The summed E-state index contributed by atoms with van der Waals surface area (Å²) < 4.78 is 1.96. The Morgan fingerprint density at radius 1 is 1.47 bits per heavy atom. The maximum atomic E-state index is 9.43. The van der Waals surface area contributed by atoms with E-state index in [1.54, 1.807) is 11.3 Å². The van der Waals surface area contributed by atoms with E-state index in [1.165, 1.54) is 0 Å². The van der Waals surface area contributed by atoms with Crippen LogP contribution in [0.1, 0.15) is 37.9 Å². The Balaban J connectivity index is 1.96. The van der Waals surface area contributed by atoms with Crippen LogP contribution in [0, 0.1) is 0 Å². The molecule has 0 fully saturated rings. The summed E-state index contributed by atoms with van der Waals surface area (Å²) in [7, 11) is 0. The van der Waals surface area contributed by atoms with Crippen molar-refractivity contribution in [1.82, 2.24) is 15.1 Å². The molecule has 2 aromatic heterocycles. The molecule has 2 N–H and O–H groups in total. The number of hydrogen-bond donors (Lipinski definition) is 2. The SMILES string of the molecule is CC(C)(C)n1cc(CNC(CO)c2ccsc2)cn1. The average Bonchev–Trinajstić information content (AvgIpc) is 2.99. The molecule has 0 radical (unpaired) electrons. The highest BCUT2D eigenvalue weighted by atomic mass is 32.1. The van der Waals surface area contributed by atoms with Gasteiger partial charge in [-0.2, -0.15) is 16.4 Å². The van der Waals surface area contributed by atoms with Crippen LogP contribution in [0.4, 0.5) is 0 Å². The van der Waals surface area contributed by atoms with E-state index < -0.39 is 0 Å². The normalized spacial score (nSPS) is 13.7. The molecule has 2 heterocycles. The largest absolute Gasteiger partial charge is 0.394 e. The van der Waals surface area contributed by atoms with Crippen LogP contribution in [0.3, 0.4) is 0 Å². The van der Waals surface area contributed by atoms with Crippen LogP contribution < -0.4 is 5.32 Å². The quantitative estimate of drug-likeness (QED) is 0.884. The van der Waals surface area contributed by atoms with Crippen molar-refractivity contribution in [2.45, 2.75) is 38.9 Å². The first kappa shape index (κ1) is 14.2. The molecule has 0 amide bonds. The molecule has 2 aromatic rings. The Labute approximate surface area is 118 Å². The predicted octanol–water partition coefficient (Wildman–Crippen LogP) is 2.52. The fraction of sp³-hybridized carbons (Fsp3) is 0.500. The van der Waals surface area contributed by atoms with Crippen LogP contribution in [0.5, 0.6) is 0 Å². The van der Waals surface area contributed by atoms with Gasteiger partial charge in [-0.05, 0) is 43.2 Å². The zero-order chi connectivity index (χ0) is 13.9. The van der Waals surface area contributed by atoms with Crippen LogP contribution >= 0.6 is 11.3 Å². The maximum absolute atomic E-state index is 9.43. The summed E-state index contributed by atoms with van der Waals surface area (Å²) >= 11 is 1.64. The Morgan fingerprint density at radius 3 is 2.79 bits per heavy atom. The Kier molecular flexibility index (Phi) is 4.39. The summed E-state index contributed by atoms with van der Waals surface area (Å²) in [6.07, 6.45) is 3.93. The topological polar surface area (TPSA) is 50.1 Å². The summed E-state index contributed by atoms with van der Waals surface area (Å²) in [4.78, 5) is 0. The molecule has 5 heteroatoms. The second-order valence-corrected chi connectivity index (χ2v) is 6.42. The summed E-state index contributed by atoms with van der Waals surface area (Å²) in [5.74, 6) is 0. The molecule has 1 unspecified atom stereocenters. The molecule has 0 aliphatic rings. The fourth-order valence-electron chi connectivity index (χ4n) is 1.82. The summed E-state index contributed by atoms with van der Waals surface area (Å²) in [6.45, 7) is 7.18. The molecule has 4 nitrogen and oxygen atoms in total. The standard InChI is InChI=1S/C14H21N3OS/c1-14(2,3)17-8-11(7-16-17)6-15-13(9-18)12-4-5-19-10-12/h4-5,7-8,10,13,15,18H,6,9H2,1-3H3. The molecule has 0 bridgehead atoms. The number of thiophene rings is 1. The Morgan fingerprint density at radius 2 is 2.26 bits per heavy atom.